The van der Waals surface area contributed by atoms with Gasteiger partial charge in [0.05, 0.1) is 27.2 Å². The average Bonchev–Trinajstić information content (AvgIpc) is 3.80. The van der Waals surface area contributed by atoms with Crippen LogP contribution in [-0.4, -0.2) is 63.9 Å². The number of hydrogen-bond donors (Lipinski definition) is 1. The molecule has 6 rings (SSSR count). The SMILES string of the molecule is CC(OC(=O)c1cccc2c1cc(C(=O)NC1CCN(C(C)C)CC1)n2Cc1cc(-c2ccc(Cl)s2)on1)OC(=O)C1CCCCC1. The topological polar surface area (TPSA) is 116 Å². The van der Waals surface area contributed by atoms with Crippen LogP contribution in [-0.2, 0) is 20.8 Å². The summed E-state index contributed by atoms with van der Waals surface area (Å²) in [6.45, 7) is 7.98. The largest absolute Gasteiger partial charge is 0.425 e. The fourth-order valence-corrected chi connectivity index (χ4v) is 7.58. The van der Waals surface area contributed by atoms with E-state index in [1.165, 1.54) is 11.3 Å². The highest BCUT2D eigenvalue weighted by molar-refractivity contribution is 7.19. The number of thiophene rings is 1. The third-order valence-corrected chi connectivity index (χ3v) is 10.4. The summed E-state index contributed by atoms with van der Waals surface area (Å²) >= 11 is 7.52. The van der Waals surface area contributed by atoms with E-state index in [0.717, 1.165) is 62.9 Å². The van der Waals surface area contributed by atoms with Crippen LogP contribution < -0.4 is 5.32 Å². The fourth-order valence-electron chi connectivity index (χ4n) is 6.59. The van der Waals surface area contributed by atoms with Crippen LogP contribution in [0.4, 0.5) is 0 Å². The lowest BCUT2D eigenvalue weighted by atomic mass is 9.89. The van der Waals surface area contributed by atoms with Crippen molar-refractivity contribution in [2.45, 2.75) is 90.6 Å². The number of benzene rings is 1. The van der Waals surface area contributed by atoms with Gasteiger partial charge in [0.25, 0.3) is 5.91 Å². The quantitative estimate of drug-likeness (QED) is 0.137. The second kappa shape index (κ2) is 14.6. The summed E-state index contributed by atoms with van der Waals surface area (Å²) in [7, 11) is 0. The predicted molar refractivity (Wildman–Crippen MR) is 181 cm³/mol. The molecule has 2 fully saturated rings. The van der Waals surface area contributed by atoms with Crippen LogP contribution in [0.2, 0.25) is 4.34 Å². The Morgan fingerprint density at radius 2 is 1.79 bits per heavy atom. The molecule has 10 nitrogen and oxygen atoms in total. The van der Waals surface area contributed by atoms with Crippen molar-refractivity contribution in [1.29, 1.82) is 0 Å². The summed E-state index contributed by atoms with van der Waals surface area (Å²) < 4.78 is 19.2. The maximum absolute atomic E-state index is 13.9. The van der Waals surface area contributed by atoms with Crippen LogP contribution in [0.15, 0.2) is 47.0 Å². The van der Waals surface area contributed by atoms with Gasteiger partial charge in [0.2, 0.25) is 6.29 Å². The number of aromatic nitrogens is 2. The van der Waals surface area contributed by atoms with Gasteiger partial charge in [0, 0.05) is 49.1 Å². The van der Waals surface area contributed by atoms with E-state index < -0.39 is 12.3 Å². The third-order valence-electron chi connectivity index (χ3n) is 9.18. The van der Waals surface area contributed by atoms with Crippen molar-refractivity contribution in [2.24, 2.45) is 5.92 Å². The molecule has 1 N–H and O–H groups in total. The first kappa shape index (κ1) is 33.2. The van der Waals surface area contributed by atoms with E-state index >= 15 is 0 Å². The molecule has 1 unspecified atom stereocenters. The van der Waals surface area contributed by atoms with Gasteiger partial charge in [-0.1, -0.05) is 42.1 Å². The highest BCUT2D eigenvalue weighted by Crippen LogP contribution is 2.32. The van der Waals surface area contributed by atoms with Crippen LogP contribution in [0.5, 0.6) is 0 Å². The number of carbonyl (C=O) groups is 3. The monoisotopic (exact) mass is 680 g/mol. The molecule has 1 aliphatic heterocycles. The maximum atomic E-state index is 13.9. The number of halogens is 1. The second-order valence-corrected chi connectivity index (χ2v) is 14.5. The van der Waals surface area contributed by atoms with Crippen molar-refractivity contribution in [3.63, 3.8) is 0 Å². The van der Waals surface area contributed by atoms with Crippen molar-refractivity contribution in [3.8, 4) is 10.6 Å². The van der Waals surface area contributed by atoms with E-state index in [0.29, 0.717) is 38.4 Å². The summed E-state index contributed by atoms with van der Waals surface area (Å²) in [5, 5.41) is 8.06. The maximum Gasteiger partial charge on any atom is 0.341 e. The standard InChI is InChI=1S/C35H41ClN4O6S/c1-21(2)39-16-14-24(15-17-39)37-33(41)29-19-27-26(35(43)45-22(3)44-34(42)23-8-5-4-6-9-23)10-7-11-28(27)40(29)20-25-18-30(46-38-25)31-12-13-32(36)47-31/h7,10-13,18-19,21-24H,4-6,8-9,14-17,20H2,1-3H3,(H,37,41). The molecule has 2 aliphatic rings. The van der Waals surface area contributed by atoms with E-state index in [1.807, 2.05) is 22.8 Å². The Hall–Kier alpha value is -3.67. The zero-order valence-electron chi connectivity index (χ0n) is 27.0. The lowest BCUT2D eigenvalue weighted by Crippen LogP contribution is -2.46. The van der Waals surface area contributed by atoms with Gasteiger partial charge in [-0.15, -0.1) is 11.3 Å². The molecule has 1 aliphatic carbocycles. The smallest absolute Gasteiger partial charge is 0.341 e. The van der Waals surface area contributed by atoms with Gasteiger partial charge in [-0.05, 0) is 69.9 Å². The molecule has 1 saturated heterocycles. The Morgan fingerprint density at radius 3 is 2.49 bits per heavy atom. The van der Waals surface area contributed by atoms with Gasteiger partial charge in [-0.25, -0.2) is 4.79 Å². The lowest BCUT2D eigenvalue weighted by Gasteiger charge is -2.34. The Morgan fingerprint density at radius 1 is 1.02 bits per heavy atom. The summed E-state index contributed by atoms with van der Waals surface area (Å²) in [5.74, 6) is -0.772. The fraction of sp³-hybridized carbons (Fsp3) is 0.486. The van der Waals surface area contributed by atoms with E-state index in [-0.39, 0.29) is 35.9 Å². The second-order valence-electron chi connectivity index (χ2n) is 12.8. The molecule has 0 spiro atoms. The number of nitrogens with one attached hydrogen (secondary N) is 1. The van der Waals surface area contributed by atoms with Gasteiger partial charge in [-0.3, -0.25) is 9.59 Å². The summed E-state index contributed by atoms with van der Waals surface area (Å²) in [5.41, 5.74) is 1.94. The molecule has 1 aromatic carbocycles. The minimum atomic E-state index is -1.05. The van der Waals surface area contributed by atoms with Crippen LogP contribution in [0.3, 0.4) is 0 Å². The lowest BCUT2D eigenvalue weighted by molar-refractivity contribution is -0.171. The van der Waals surface area contributed by atoms with Crippen molar-refractivity contribution in [3.05, 3.63) is 63.8 Å². The van der Waals surface area contributed by atoms with E-state index in [1.54, 1.807) is 31.2 Å². The molecule has 4 heterocycles. The van der Waals surface area contributed by atoms with E-state index in [2.05, 4.69) is 29.2 Å². The number of ether oxygens (including phenoxy) is 2. The minimum Gasteiger partial charge on any atom is -0.425 e. The van der Waals surface area contributed by atoms with E-state index in [4.69, 9.17) is 25.6 Å². The first-order valence-electron chi connectivity index (χ1n) is 16.5. The van der Waals surface area contributed by atoms with E-state index in [9.17, 15) is 14.4 Å². The molecular weight excluding hydrogens is 640 g/mol. The average molecular weight is 681 g/mol. The van der Waals surface area contributed by atoms with Crippen LogP contribution in [0, 0.1) is 5.92 Å². The van der Waals surface area contributed by atoms with Gasteiger partial charge >= 0.3 is 11.9 Å². The first-order chi connectivity index (χ1) is 22.7. The van der Waals surface area contributed by atoms with Crippen LogP contribution in [0.1, 0.15) is 92.3 Å². The molecule has 1 atom stereocenters. The molecule has 1 amide bonds. The number of carbonyl (C=O) groups excluding carboxylic acids is 3. The molecule has 1 saturated carbocycles. The highest BCUT2D eigenvalue weighted by atomic mass is 35.5. The number of nitrogens with zero attached hydrogens (tertiary/aromatic N) is 3. The normalized spacial score (nSPS) is 17.2. The molecule has 47 heavy (non-hydrogen) atoms. The third kappa shape index (κ3) is 7.74. The number of hydrogen-bond acceptors (Lipinski definition) is 9. The summed E-state index contributed by atoms with van der Waals surface area (Å²) in [4.78, 5) is 43.3. The Kier molecular flexibility index (Phi) is 10.3. The zero-order valence-corrected chi connectivity index (χ0v) is 28.6. The molecule has 0 bridgehead atoms. The molecule has 4 aromatic rings. The highest BCUT2D eigenvalue weighted by Gasteiger charge is 2.28. The Balaban J connectivity index is 1.26. The molecule has 3 aromatic heterocycles. The number of rotatable bonds is 10. The molecule has 12 heteroatoms. The van der Waals surface area contributed by atoms with Gasteiger partial charge in [0.15, 0.2) is 5.76 Å². The van der Waals surface area contributed by atoms with Crippen molar-refractivity contribution >= 4 is 51.7 Å². The summed E-state index contributed by atoms with van der Waals surface area (Å²) in [6.07, 6.45) is 5.37. The predicted octanol–water partition coefficient (Wildman–Crippen LogP) is 7.29. The van der Waals surface area contributed by atoms with Crippen LogP contribution >= 0.6 is 22.9 Å². The van der Waals surface area contributed by atoms with Crippen molar-refractivity contribution < 1.29 is 28.4 Å². The number of amides is 1. The number of piperidine rings is 1. The number of fused-ring (bicyclic) bond motifs is 1. The van der Waals surface area contributed by atoms with Crippen molar-refractivity contribution in [1.82, 2.24) is 19.9 Å². The van der Waals surface area contributed by atoms with Gasteiger partial charge < -0.3 is 28.8 Å². The Bertz CT molecular complexity index is 1730. The first-order valence-corrected chi connectivity index (χ1v) is 17.7. The van der Waals surface area contributed by atoms with Crippen LogP contribution in [0.25, 0.3) is 21.5 Å². The minimum absolute atomic E-state index is 0.0373. The van der Waals surface area contributed by atoms with Gasteiger partial charge in [0.1, 0.15) is 11.4 Å². The van der Waals surface area contributed by atoms with Crippen molar-refractivity contribution in [2.75, 3.05) is 13.1 Å². The molecule has 250 valence electrons. The summed E-state index contributed by atoms with van der Waals surface area (Å²) in [6, 6.07) is 13.0. The Labute approximate surface area is 283 Å². The molecule has 0 radical (unpaired) electrons. The number of likely N-dealkylation sites (tertiary alicyclic amines) is 1. The zero-order chi connectivity index (χ0) is 33.1. The van der Waals surface area contributed by atoms with Gasteiger partial charge in [-0.2, -0.15) is 0 Å². The number of esters is 2. The molecular formula is C35H41ClN4O6S.